The molecule has 0 saturated heterocycles. The number of rotatable bonds is 10. The molecule has 0 N–H and O–H groups in total. The van der Waals surface area contributed by atoms with Crippen molar-refractivity contribution in [1.82, 2.24) is 0 Å². The van der Waals surface area contributed by atoms with Crippen LogP contribution in [0, 0.1) is 13.8 Å². The first kappa shape index (κ1) is 43.6. The summed E-state index contributed by atoms with van der Waals surface area (Å²) in [6.07, 6.45) is 10.4. The minimum atomic E-state index is 0. The van der Waals surface area contributed by atoms with Crippen LogP contribution >= 0.6 is 24.8 Å². The van der Waals surface area contributed by atoms with Gasteiger partial charge in [0.15, 0.2) is 0 Å². The fraction of sp³-hybridized carbons (Fsp3) is 0.289. The van der Waals surface area contributed by atoms with Crippen molar-refractivity contribution in [3.05, 3.63) is 145 Å². The van der Waals surface area contributed by atoms with Crippen LogP contribution in [-0.4, -0.2) is 0 Å². The smallest absolute Gasteiger partial charge is 0.372 e. The monoisotopic (exact) mass is 844 g/mol. The molecule has 252 valence electrons. The predicted octanol–water partition coefficient (Wildman–Crippen LogP) is 14.1. The van der Waals surface area contributed by atoms with E-state index in [1.807, 2.05) is 0 Å². The van der Waals surface area contributed by atoms with Crippen molar-refractivity contribution in [1.29, 1.82) is 0 Å². The molecule has 3 heteroatoms. The number of hydrogen-bond donors (Lipinski definition) is 0. The maximum absolute atomic E-state index is 3.38. The summed E-state index contributed by atoms with van der Waals surface area (Å²) in [7, 11) is 0. The van der Waals surface area contributed by atoms with Gasteiger partial charge < -0.3 is 20.3 Å². The van der Waals surface area contributed by atoms with E-state index in [9.17, 15) is 0 Å². The molecule has 0 radical (unpaired) electrons. The van der Waals surface area contributed by atoms with Gasteiger partial charge in [-0.1, -0.05) is 125 Å². The van der Waals surface area contributed by atoms with E-state index in [1.165, 1.54) is 105 Å². The average molecular weight is 844 g/mol. The zero-order chi connectivity index (χ0) is 32.0. The molecule has 0 atom stereocenters. The molecule has 6 rings (SSSR count). The summed E-state index contributed by atoms with van der Waals surface area (Å²) < 4.78 is 0. The van der Waals surface area contributed by atoms with Gasteiger partial charge in [-0.25, -0.2) is 0 Å². The topological polar surface area (TPSA) is 0 Å². The van der Waals surface area contributed by atoms with Crippen molar-refractivity contribution in [3.8, 4) is 22.3 Å². The van der Waals surface area contributed by atoms with Crippen LogP contribution in [0.4, 0.5) is 0 Å². The fourth-order valence-electron chi connectivity index (χ4n) is 5.99. The van der Waals surface area contributed by atoms with Gasteiger partial charge in [0, 0.05) is 0 Å². The number of aryl methyl sites for hydroxylation is 4. The molecule has 0 aliphatic heterocycles. The molecular formula is C45H54Cl2Hf. The van der Waals surface area contributed by atoms with Crippen LogP contribution in [-0.2, 0) is 51.5 Å². The molecule has 0 bridgehead atoms. The van der Waals surface area contributed by atoms with Gasteiger partial charge in [0.1, 0.15) is 0 Å². The van der Waals surface area contributed by atoms with E-state index in [0.29, 0.717) is 0 Å². The van der Waals surface area contributed by atoms with Crippen molar-refractivity contribution in [2.24, 2.45) is 0 Å². The second kappa shape index (κ2) is 23.0. The summed E-state index contributed by atoms with van der Waals surface area (Å²) in [5.74, 6) is 0. The summed E-state index contributed by atoms with van der Waals surface area (Å²) in [6, 6.07) is 40.8. The van der Waals surface area contributed by atoms with E-state index < -0.39 is 0 Å². The Morgan fingerprint density at radius 1 is 0.521 bits per heavy atom. The molecule has 0 amide bonds. The van der Waals surface area contributed by atoms with Gasteiger partial charge >= 0.3 is 25.8 Å². The average Bonchev–Trinajstić information content (AvgIpc) is 3.71. The quantitative estimate of drug-likeness (QED) is 0.0952. The zero-order valence-electron chi connectivity index (χ0n) is 29.5. The van der Waals surface area contributed by atoms with Gasteiger partial charge in [-0.15, -0.1) is 93.9 Å². The Morgan fingerprint density at radius 3 is 1.19 bits per heavy atom. The number of fused-ring (bicyclic) bond motifs is 2. The maximum Gasteiger partial charge on any atom is 4.00 e. The molecule has 0 nitrogen and oxygen atoms in total. The molecular weight excluding hydrogens is 790 g/mol. The van der Waals surface area contributed by atoms with Crippen LogP contribution in [0.25, 0.3) is 43.8 Å². The summed E-state index contributed by atoms with van der Waals surface area (Å²) in [6.45, 7) is 15.7. The first-order chi connectivity index (χ1) is 22.0. The number of halogens is 2. The van der Waals surface area contributed by atoms with E-state index >= 15 is 0 Å². The Labute approximate surface area is 323 Å². The number of unbranched alkanes of at least 4 members (excludes halogenated alkanes) is 2. The van der Waals surface area contributed by atoms with Crippen LogP contribution in [0.15, 0.2) is 109 Å². The molecule has 6 aromatic carbocycles. The molecule has 0 heterocycles. The Kier molecular flexibility index (Phi) is 20.9. The van der Waals surface area contributed by atoms with Gasteiger partial charge in [-0.05, 0) is 47.9 Å². The van der Waals surface area contributed by atoms with Crippen molar-refractivity contribution in [2.75, 3.05) is 0 Å². The molecule has 0 spiro atoms. The molecule has 6 aromatic rings. The molecule has 0 fully saturated rings. The van der Waals surface area contributed by atoms with E-state index in [2.05, 4.69) is 151 Å². The summed E-state index contributed by atoms with van der Waals surface area (Å²) >= 11 is 0. The Morgan fingerprint density at radius 2 is 0.875 bits per heavy atom. The van der Waals surface area contributed by atoms with E-state index in [-0.39, 0.29) is 50.7 Å². The number of benzene rings is 4. The van der Waals surface area contributed by atoms with Gasteiger partial charge in [0.2, 0.25) is 0 Å². The third-order valence-corrected chi connectivity index (χ3v) is 8.61. The standard InChI is InChI=1S/2C21H23.C3H6.2ClH.Hf/c2*1-3-5-7-17-14-19-8-6-9-20(21(19)15-17)18-12-10-16(4-2)11-13-18;1-3-2;;;/h2*6,8-15H,3-5,7H2,1-2H3;1-3H2;2*1H;/q2*-1;-2;;;+4. The molecule has 48 heavy (non-hydrogen) atoms. The largest absolute Gasteiger partial charge is 4.00 e. The van der Waals surface area contributed by atoms with Gasteiger partial charge in [-0.3, -0.25) is 0 Å². The van der Waals surface area contributed by atoms with Crippen LogP contribution in [0.1, 0.15) is 82.1 Å². The van der Waals surface area contributed by atoms with Gasteiger partial charge in [0.05, 0.1) is 0 Å². The van der Waals surface area contributed by atoms with Crippen molar-refractivity contribution >= 4 is 46.4 Å². The third kappa shape index (κ3) is 11.9. The van der Waals surface area contributed by atoms with Crippen molar-refractivity contribution < 1.29 is 25.8 Å². The van der Waals surface area contributed by atoms with Crippen LogP contribution in [0.3, 0.4) is 0 Å². The van der Waals surface area contributed by atoms with Crippen molar-refractivity contribution in [3.63, 3.8) is 0 Å². The molecule has 0 aromatic heterocycles. The predicted molar refractivity (Wildman–Crippen MR) is 216 cm³/mol. The van der Waals surface area contributed by atoms with Gasteiger partial charge in [-0.2, -0.15) is 12.1 Å². The summed E-state index contributed by atoms with van der Waals surface area (Å²) in [4.78, 5) is 0. The van der Waals surface area contributed by atoms with E-state index in [4.69, 9.17) is 0 Å². The third-order valence-electron chi connectivity index (χ3n) is 8.61. The molecule has 0 saturated carbocycles. The second-order valence-electron chi connectivity index (χ2n) is 12.0. The molecule has 0 aliphatic carbocycles. The van der Waals surface area contributed by atoms with Crippen LogP contribution in [0.5, 0.6) is 0 Å². The Hall–Kier alpha value is -2.45. The first-order valence-electron chi connectivity index (χ1n) is 17.2. The Bertz CT molecular complexity index is 1590. The number of hydrogen-bond acceptors (Lipinski definition) is 0. The second-order valence-corrected chi connectivity index (χ2v) is 12.0. The minimum absolute atomic E-state index is 0. The summed E-state index contributed by atoms with van der Waals surface area (Å²) in [5, 5.41) is 5.54. The molecule has 0 unspecified atom stereocenters. The minimum Gasteiger partial charge on any atom is -0.372 e. The first-order valence-corrected chi connectivity index (χ1v) is 17.2. The Balaban J connectivity index is 0.000000420. The van der Waals surface area contributed by atoms with Crippen LogP contribution in [0.2, 0.25) is 0 Å². The molecule has 0 aliphatic rings. The van der Waals surface area contributed by atoms with Crippen molar-refractivity contribution in [2.45, 2.75) is 85.5 Å². The zero-order valence-corrected chi connectivity index (χ0v) is 34.7. The van der Waals surface area contributed by atoms with Gasteiger partial charge in [0.25, 0.3) is 0 Å². The SMILES string of the molecule is CCCCc1cc2c(-c3ccc(CC)cc3)cccc2[cH-]1.CCCCc1cc2c(-c3ccc(CC)cc3)cccc2[cH-]1.Cl.Cl.[CH2-]C[CH2-].[Hf+4]. The van der Waals surface area contributed by atoms with E-state index in [1.54, 1.807) is 0 Å². The summed E-state index contributed by atoms with van der Waals surface area (Å²) in [5.41, 5.74) is 11.1. The maximum atomic E-state index is 3.38. The fourth-order valence-corrected chi connectivity index (χ4v) is 5.99. The van der Waals surface area contributed by atoms with E-state index in [0.717, 1.165) is 19.3 Å². The van der Waals surface area contributed by atoms with Crippen LogP contribution < -0.4 is 0 Å². The normalized spacial score (nSPS) is 10.1.